The number of amides is 1. The summed E-state index contributed by atoms with van der Waals surface area (Å²) in [5.74, 6) is 1.24. The number of para-hydroxylation sites is 1. The van der Waals surface area contributed by atoms with E-state index in [4.69, 9.17) is 4.74 Å². The van der Waals surface area contributed by atoms with Crippen molar-refractivity contribution in [3.8, 4) is 0 Å². The minimum absolute atomic E-state index is 0. The highest BCUT2D eigenvalue weighted by atomic mass is 127. The molecule has 5 aliphatic heterocycles. The quantitative estimate of drug-likeness (QED) is 0.255. The fourth-order valence-corrected chi connectivity index (χ4v) is 9.90. The van der Waals surface area contributed by atoms with E-state index < -0.39 is 0 Å². The average Bonchev–Trinajstić information content (AvgIpc) is 3.33. The predicted molar refractivity (Wildman–Crippen MR) is 139 cm³/mol. The second kappa shape index (κ2) is 7.67. The van der Waals surface area contributed by atoms with Crippen LogP contribution in [0.25, 0.3) is 10.8 Å². The number of ether oxygens (including phenoxy) is 1. The molecule has 4 nitrogen and oxygen atoms in total. The molecule has 3 saturated heterocycles. The molecular weight excluding hydrogens is 571 g/mol. The van der Waals surface area contributed by atoms with Crippen LogP contribution in [0.1, 0.15) is 30.4 Å². The van der Waals surface area contributed by atoms with Gasteiger partial charge in [0.2, 0.25) is 5.91 Å². The van der Waals surface area contributed by atoms with Crippen LogP contribution in [-0.2, 0) is 21.5 Å². The molecule has 0 radical (unpaired) electrons. The number of benzene rings is 3. The van der Waals surface area contributed by atoms with Gasteiger partial charge in [-0.25, -0.2) is 0 Å². The Labute approximate surface area is 234 Å². The molecule has 1 spiro atoms. The van der Waals surface area contributed by atoms with E-state index in [0.717, 1.165) is 17.6 Å². The van der Waals surface area contributed by atoms with E-state index in [1.54, 1.807) is 5.57 Å². The van der Waals surface area contributed by atoms with Gasteiger partial charge in [-0.2, -0.15) is 0 Å². The van der Waals surface area contributed by atoms with E-state index in [1.165, 1.54) is 47.0 Å². The average molecular weight is 603 g/mol. The van der Waals surface area contributed by atoms with Crippen LogP contribution in [0, 0.1) is 11.8 Å². The molecule has 2 bridgehead atoms. The van der Waals surface area contributed by atoms with E-state index in [1.807, 2.05) is 0 Å². The highest BCUT2D eigenvalue weighted by Gasteiger charge is 2.75. The summed E-state index contributed by atoms with van der Waals surface area (Å²) >= 11 is 0. The minimum Gasteiger partial charge on any atom is -1.00 e. The van der Waals surface area contributed by atoms with Gasteiger partial charge in [-0.15, -0.1) is 0 Å². The van der Waals surface area contributed by atoms with Gasteiger partial charge in [0.1, 0.15) is 19.1 Å². The summed E-state index contributed by atoms with van der Waals surface area (Å²) in [4.78, 5) is 15.9. The largest absolute Gasteiger partial charge is 1.00 e. The van der Waals surface area contributed by atoms with Gasteiger partial charge < -0.3 is 38.1 Å². The van der Waals surface area contributed by atoms with Crippen LogP contribution in [0.2, 0.25) is 0 Å². The Hall–Kier alpha value is -2.22. The third-order valence-electron chi connectivity index (χ3n) is 11.0. The molecule has 3 aromatic rings. The maximum Gasteiger partial charge on any atom is 0.229 e. The Kier molecular flexibility index (Phi) is 4.71. The second-order valence-electron chi connectivity index (χ2n) is 12.2. The first kappa shape index (κ1) is 22.7. The highest BCUT2D eigenvalue weighted by molar-refractivity contribution is 5.99. The molecule has 0 aromatic heterocycles. The number of halogens is 1. The van der Waals surface area contributed by atoms with Crippen molar-refractivity contribution in [2.75, 3.05) is 24.6 Å². The zero-order chi connectivity index (χ0) is 23.6. The van der Waals surface area contributed by atoms with Crippen LogP contribution in [-0.4, -0.2) is 48.3 Å². The number of hydrogen-bond acceptors (Lipinski definition) is 2. The van der Waals surface area contributed by atoms with E-state index >= 15 is 0 Å². The number of piperidine rings is 2. The molecule has 188 valence electrons. The second-order valence-corrected chi connectivity index (χ2v) is 12.2. The number of carbonyl (C=O) groups excluding carboxylic acids is 1. The predicted octanol–water partition coefficient (Wildman–Crippen LogP) is 1.96. The van der Waals surface area contributed by atoms with Gasteiger partial charge >= 0.3 is 0 Å². The molecule has 6 aliphatic rings. The summed E-state index contributed by atoms with van der Waals surface area (Å²) in [6.07, 6.45) is 5.40. The van der Waals surface area contributed by atoms with Crippen LogP contribution in [0.4, 0.5) is 5.69 Å². The fraction of sp³-hybridized carbons (Fsp3) is 0.406. The Bertz CT molecular complexity index is 1500. The number of anilines is 1. The molecule has 5 heterocycles. The van der Waals surface area contributed by atoms with Crippen molar-refractivity contribution in [3.05, 3.63) is 89.5 Å². The third-order valence-corrected chi connectivity index (χ3v) is 11.0. The van der Waals surface area contributed by atoms with E-state index in [9.17, 15) is 4.79 Å². The van der Waals surface area contributed by atoms with Crippen molar-refractivity contribution in [1.29, 1.82) is 0 Å². The molecule has 3 aromatic carbocycles. The van der Waals surface area contributed by atoms with Gasteiger partial charge in [0.25, 0.3) is 0 Å². The molecule has 0 N–H and O–H groups in total. The lowest BCUT2D eigenvalue weighted by Crippen LogP contribution is -3.00. The number of hydrogen-bond donors (Lipinski definition) is 0. The molecule has 4 fully saturated rings. The molecule has 1 aliphatic carbocycles. The lowest BCUT2D eigenvalue weighted by Gasteiger charge is -2.60. The Balaban J connectivity index is 0.00000215. The highest BCUT2D eigenvalue weighted by Crippen LogP contribution is 2.67. The van der Waals surface area contributed by atoms with Gasteiger partial charge in [0.05, 0.1) is 37.1 Å². The Morgan fingerprint density at radius 1 is 1.03 bits per heavy atom. The van der Waals surface area contributed by atoms with Gasteiger partial charge in [0.15, 0.2) is 0 Å². The molecule has 37 heavy (non-hydrogen) atoms. The van der Waals surface area contributed by atoms with Crippen LogP contribution in [0.15, 0.2) is 78.4 Å². The van der Waals surface area contributed by atoms with Crippen LogP contribution >= 0.6 is 0 Å². The van der Waals surface area contributed by atoms with Crippen molar-refractivity contribution >= 4 is 22.4 Å². The first-order chi connectivity index (χ1) is 17.7. The summed E-state index contributed by atoms with van der Waals surface area (Å²) in [5, 5.41) is 2.65. The van der Waals surface area contributed by atoms with Gasteiger partial charge in [-0.1, -0.05) is 60.7 Å². The normalized spacial score (nSPS) is 38.1. The first-order valence-electron chi connectivity index (χ1n) is 13.7. The maximum absolute atomic E-state index is 13.7. The number of nitrogens with zero attached hydrogens (tertiary/aromatic N) is 2. The lowest BCUT2D eigenvalue weighted by molar-refractivity contribution is -0.955. The van der Waals surface area contributed by atoms with Crippen LogP contribution in [0.5, 0.6) is 0 Å². The zero-order valence-corrected chi connectivity index (χ0v) is 23.0. The number of rotatable bonds is 2. The molecule has 7 atom stereocenters. The van der Waals surface area contributed by atoms with Crippen molar-refractivity contribution in [3.63, 3.8) is 0 Å². The standard InChI is InChI=1S/C32H31N2O2.HI/c35-29-17-27-30-24-16-28-32(25-7-3-4-8-26(25)33(29)31(30)32)12-13-34(28,19-23(24)11-14-36-27)18-20-9-10-21-5-1-2-6-22(21)15-20;/h1-11,15,24,27-28,30-31H,12-14,16-19H2;1H/q+1;/p-1/t24-,27-,28-,30-,31-,32+,34?;/m0./s1. The topological polar surface area (TPSA) is 29.5 Å². The van der Waals surface area contributed by atoms with Gasteiger partial charge in [0, 0.05) is 30.0 Å². The van der Waals surface area contributed by atoms with Crippen molar-refractivity contribution in [2.24, 2.45) is 11.8 Å². The molecular formula is C32H31IN2O2. The number of quaternary nitrogens is 1. The molecule has 1 saturated carbocycles. The fourth-order valence-electron chi connectivity index (χ4n) is 9.90. The van der Waals surface area contributed by atoms with Crippen LogP contribution < -0.4 is 28.9 Å². The molecule has 5 heteroatoms. The first-order valence-corrected chi connectivity index (χ1v) is 13.7. The maximum atomic E-state index is 13.7. The van der Waals surface area contributed by atoms with E-state index in [-0.39, 0.29) is 47.4 Å². The minimum atomic E-state index is 0. The summed E-state index contributed by atoms with van der Waals surface area (Å²) in [5.41, 5.74) is 5.74. The SMILES string of the molecule is O=C1C[C@@H]2OCC=C3C[N+]4(Cc5ccc6ccccc6c5)CC[C@]56c7ccccc7N1[C@H]5[C@H]2[C@H]3C[C@@H]64.[I-]. The number of fused-ring (bicyclic) bond motifs is 3. The van der Waals surface area contributed by atoms with E-state index in [2.05, 4.69) is 77.7 Å². The lowest BCUT2D eigenvalue weighted by atomic mass is 9.53. The molecule has 1 unspecified atom stereocenters. The smallest absolute Gasteiger partial charge is 0.229 e. The molecule has 9 rings (SSSR count). The summed E-state index contributed by atoms with van der Waals surface area (Å²) in [7, 11) is 0. The van der Waals surface area contributed by atoms with Crippen molar-refractivity contribution < 1.29 is 38.0 Å². The Morgan fingerprint density at radius 2 is 1.86 bits per heavy atom. The van der Waals surface area contributed by atoms with Gasteiger partial charge in [-0.3, -0.25) is 4.79 Å². The summed E-state index contributed by atoms with van der Waals surface area (Å²) in [6.45, 7) is 4.05. The summed E-state index contributed by atoms with van der Waals surface area (Å²) in [6, 6.07) is 25.5. The van der Waals surface area contributed by atoms with Gasteiger partial charge in [-0.05, 0) is 40.0 Å². The summed E-state index contributed by atoms with van der Waals surface area (Å²) < 4.78 is 7.59. The van der Waals surface area contributed by atoms with Crippen molar-refractivity contribution in [2.45, 2.75) is 49.4 Å². The van der Waals surface area contributed by atoms with E-state index in [0.29, 0.717) is 30.9 Å². The number of carbonyl (C=O) groups is 1. The van der Waals surface area contributed by atoms with Crippen LogP contribution in [0.3, 0.4) is 0 Å². The van der Waals surface area contributed by atoms with Crippen molar-refractivity contribution in [1.82, 2.24) is 0 Å². The monoisotopic (exact) mass is 602 g/mol. The third kappa shape index (κ3) is 2.73. The Morgan fingerprint density at radius 3 is 2.78 bits per heavy atom. The zero-order valence-electron chi connectivity index (χ0n) is 20.9. The molecule has 1 amide bonds.